The van der Waals surface area contributed by atoms with Crippen LogP contribution in [0.25, 0.3) is 0 Å². The highest BCUT2D eigenvalue weighted by Gasteiger charge is 2.27. The lowest BCUT2D eigenvalue weighted by Gasteiger charge is -2.29. The van der Waals surface area contributed by atoms with Gasteiger partial charge in [-0.05, 0) is 45.2 Å². The number of oxazole rings is 1. The minimum atomic E-state index is -0.0125. The molecule has 8 heteroatoms. The number of rotatable bonds is 4. The maximum Gasteiger partial charge on any atom is 0.291 e. The van der Waals surface area contributed by atoms with Crippen molar-refractivity contribution in [2.24, 2.45) is 0 Å². The Morgan fingerprint density at radius 3 is 2.62 bits per heavy atom. The average molecular weight is 395 g/mol. The molecule has 0 saturated carbocycles. The molecular formula is C18H23ClN4O2S. The van der Waals surface area contributed by atoms with Crippen molar-refractivity contribution in [3.05, 3.63) is 33.4 Å². The predicted molar refractivity (Wildman–Crippen MR) is 101 cm³/mol. The second-order valence-corrected chi connectivity index (χ2v) is 8.77. The molecule has 26 heavy (non-hydrogen) atoms. The Hall–Kier alpha value is -1.44. The third-order valence-corrected chi connectivity index (χ3v) is 6.30. The Labute approximate surface area is 162 Å². The number of aromatic nitrogens is 2. The number of thiazole rings is 1. The van der Waals surface area contributed by atoms with Crippen molar-refractivity contribution in [1.29, 1.82) is 0 Å². The molecule has 0 aromatic carbocycles. The summed E-state index contributed by atoms with van der Waals surface area (Å²) in [6.07, 6.45) is 8.65. The van der Waals surface area contributed by atoms with E-state index in [0.717, 1.165) is 67.8 Å². The first kappa shape index (κ1) is 17.9. The van der Waals surface area contributed by atoms with Crippen LogP contribution in [0.1, 0.15) is 59.5 Å². The van der Waals surface area contributed by atoms with Gasteiger partial charge in [-0.25, -0.2) is 9.97 Å². The SMILES string of the molecule is O=C(c1cnc(C2CCN(Cc3ncc(Cl)s3)CC2)o1)N1CCCCC1. The van der Waals surface area contributed by atoms with E-state index in [1.54, 1.807) is 12.4 Å². The van der Waals surface area contributed by atoms with Crippen LogP contribution in [0.5, 0.6) is 0 Å². The van der Waals surface area contributed by atoms with Gasteiger partial charge in [0.05, 0.1) is 18.9 Å². The third kappa shape index (κ3) is 4.10. The van der Waals surface area contributed by atoms with Crippen LogP contribution in [-0.4, -0.2) is 51.9 Å². The van der Waals surface area contributed by atoms with E-state index in [4.69, 9.17) is 16.0 Å². The molecule has 6 nitrogen and oxygen atoms in total. The molecule has 0 radical (unpaired) electrons. The van der Waals surface area contributed by atoms with Crippen molar-refractivity contribution in [3.8, 4) is 0 Å². The Bertz CT molecular complexity index is 748. The molecule has 2 aliphatic heterocycles. The van der Waals surface area contributed by atoms with Crippen LogP contribution >= 0.6 is 22.9 Å². The van der Waals surface area contributed by atoms with Gasteiger partial charge in [-0.1, -0.05) is 11.6 Å². The molecule has 0 bridgehead atoms. The molecular weight excluding hydrogens is 372 g/mol. The molecule has 2 fully saturated rings. The Morgan fingerprint density at radius 2 is 1.92 bits per heavy atom. The van der Waals surface area contributed by atoms with Gasteiger partial charge in [-0.3, -0.25) is 9.69 Å². The molecule has 0 atom stereocenters. The minimum Gasteiger partial charge on any atom is -0.435 e. The highest BCUT2D eigenvalue weighted by atomic mass is 35.5. The van der Waals surface area contributed by atoms with Crippen LogP contribution in [0.15, 0.2) is 16.8 Å². The number of likely N-dealkylation sites (tertiary alicyclic amines) is 2. The zero-order chi connectivity index (χ0) is 17.9. The molecule has 2 aromatic rings. The van der Waals surface area contributed by atoms with Crippen molar-refractivity contribution in [2.75, 3.05) is 26.2 Å². The molecule has 2 aromatic heterocycles. The summed E-state index contributed by atoms with van der Waals surface area (Å²) in [5.74, 6) is 1.37. The van der Waals surface area contributed by atoms with Crippen molar-refractivity contribution in [1.82, 2.24) is 19.8 Å². The second-order valence-electron chi connectivity index (χ2n) is 7.02. The van der Waals surface area contributed by atoms with Crippen LogP contribution in [0.3, 0.4) is 0 Å². The predicted octanol–water partition coefficient (Wildman–Crippen LogP) is 3.79. The van der Waals surface area contributed by atoms with E-state index in [0.29, 0.717) is 11.7 Å². The van der Waals surface area contributed by atoms with E-state index in [1.165, 1.54) is 17.8 Å². The largest absolute Gasteiger partial charge is 0.435 e. The van der Waals surface area contributed by atoms with Crippen LogP contribution in [-0.2, 0) is 6.54 Å². The van der Waals surface area contributed by atoms with Gasteiger partial charge >= 0.3 is 0 Å². The lowest BCUT2D eigenvalue weighted by atomic mass is 9.97. The molecule has 0 aliphatic carbocycles. The molecule has 4 rings (SSSR count). The topological polar surface area (TPSA) is 62.5 Å². The van der Waals surface area contributed by atoms with E-state index in [-0.39, 0.29) is 11.8 Å². The van der Waals surface area contributed by atoms with Crippen LogP contribution < -0.4 is 0 Å². The zero-order valence-electron chi connectivity index (χ0n) is 14.7. The van der Waals surface area contributed by atoms with Crippen molar-refractivity contribution in [3.63, 3.8) is 0 Å². The van der Waals surface area contributed by atoms with Gasteiger partial charge in [-0.15, -0.1) is 11.3 Å². The standard InChI is InChI=1S/C18H23ClN4O2S/c19-15-11-20-16(26-15)12-22-8-4-13(5-9-22)17-21-10-14(25-17)18(24)23-6-2-1-3-7-23/h10-11,13H,1-9,12H2. The van der Waals surface area contributed by atoms with E-state index in [1.807, 2.05) is 4.90 Å². The number of carbonyl (C=O) groups is 1. The molecule has 0 N–H and O–H groups in total. The molecule has 0 spiro atoms. The first-order valence-electron chi connectivity index (χ1n) is 9.26. The maximum absolute atomic E-state index is 12.5. The van der Waals surface area contributed by atoms with Gasteiger partial charge in [0.1, 0.15) is 9.34 Å². The summed E-state index contributed by atoms with van der Waals surface area (Å²) < 4.78 is 6.58. The molecule has 140 valence electrons. The van der Waals surface area contributed by atoms with E-state index < -0.39 is 0 Å². The number of piperidine rings is 2. The first-order valence-corrected chi connectivity index (χ1v) is 10.5. The fraction of sp³-hybridized carbons (Fsp3) is 0.611. The lowest BCUT2D eigenvalue weighted by Crippen LogP contribution is -2.35. The molecule has 4 heterocycles. The number of nitrogens with zero attached hydrogens (tertiary/aromatic N) is 4. The fourth-order valence-electron chi connectivity index (χ4n) is 3.72. The number of hydrogen-bond donors (Lipinski definition) is 0. The highest BCUT2D eigenvalue weighted by molar-refractivity contribution is 7.15. The Morgan fingerprint density at radius 1 is 1.15 bits per heavy atom. The van der Waals surface area contributed by atoms with Gasteiger partial charge in [0, 0.05) is 19.0 Å². The zero-order valence-corrected chi connectivity index (χ0v) is 16.3. The van der Waals surface area contributed by atoms with E-state index >= 15 is 0 Å². The van der Waals surface area contributed by atoms with Gasteiger partial charge in [0.15, 0.2) is 5.89 Å². The molecule has 1 amide bonds. The normalized spacial score (nSPS) is 19.8. The summed E-state index contributed by atoms with van der Waals surface area (Å²) in [6.45, 7) is 4.44. The van der Waals surface area contributed by atoms with Crippen LogP contribution in [0, 0.1) is 0 Å². The van der Waals surface area contributed by atoms with Crippen LogP contribution in [0.4, 0.5) is 0 Å². The van der Waals surface area contributed by atoms with Gasteiger partial charge in [-0.2, -0.15) is 0 Å². The quantitative estimate of drug-likeness (QED) is 0.789. The summed E-state index contributed by atoms with van der Waals surface area (Å²) in [4.78, 5) is 25.5. The van der Waals surface area contributed by atoms with Gasteiger partial charge < -0.3 is 9.32 Å². The number of halogens is 1. The number of carbonyl (C=O) groups excluding carboxylic acids is 1. The summed E-state index contributed by atoms with van der Waals surface area (Å²) in [6, 6.07) is 0. The molecule has 2 saturated heterocycles. The highest BCUT2D eigenvalue weighted by Crippen LogP contribution is 2.29. The third-order valence-electron chi connectivity index (χ3n) is 5.20. The molecule has 0 unspecified atom stereocenters. The summed E-state index contributed by atoms with van der Waals surface area (Å²) in [7, 11) is 0. The monoisotopic (exact) mass is 394 g/mol. The van der Waals surface area contributed by atoms with E-state index in [2.05, 4.69) is 14.9 Å². The first-order chi connectivity index (χ1) is 12.7. The fourth-order valence-corrected chi connectivity index (χ4v) is 4.72. The van der Waals surface area contributed by atoms with E-state index in [9.17, 15) is 4.79 Å². The second kappa shape index (κ2) is 8.06. The maximum atomic E-state index is 12.5. The van der Waals surface area contributed by atoms with Gasteiger partial charge in [0.25, 0.3) is 5.91 Å². The van der Waals surface area contributed by atoms with Crippen LogP contribution in [0.2, 0.25) is 4.34 Å². The summed E-state index contributed by atoms with van der Waals surface area (Å²) >= 11 is 7.49. The van der Waals surface area contributed by atoms with Crippen molar-refractivity contribution < 1.29 is 9.21 Å². The Balaban J connectivity index is 1.32. The molecule has 2 aliphatic rings. The average Bonchev–Trinajstić information content (AvgIpc) is 3.32. The minimum absolute atomic E-state index is 0.0125. The van der Waals surface area contributed by atoms with Gasteiger partial charge in [0.2, 0.25) is 5.76 Å². The Kier molecular flexibility index (Phi) is 5.57. The number of amides is 1. The lowest BCUT2D eigenvalue weighted by molar-refractivity contribution is 0.0688. The summed E-state index contributed by atoms with van der Waals surface area (Å²) in [5, 5.41) is 1.05. The van der Waals surface area contributed by atoms with Crippen molar-refractivity contribution >= 4 is 28.8 Å². The smallest absolute Gasteiger partial charge is 0.291 e. The number of hydrogen-bond acceptors (Lipinski definition) is 6. The van der Waals surface area contributed by atoms with Crippen molar-refractivity contribution in [2.45, 2.75) is 44.6 Å². The summed E-state index contributed by atoms with van der Waals surface area (Å²) in [5.41, 5.74) is 0.